The number of aryl methyl sites for hydroxylation is 2. The molecule has 9 heteroatoms. The van der Waals surface area contributed by atoms with Crippen molar-refractivity contribution in [2.24, 2.45) is 0 Å². The molecule has 0 aromatic heterocycles. The van der Waals surface area contributed by atoms with E-state index in [4.69, 9.17) is 0 Å². The third-order valence-electron chi connectivity index (χ3n) is 8.38. The van der Waals surface area contributed by atoms with Gasteiger partial charge in [-0.1, -0.05) is 77.9 Å². The zero-order chi connectivity index (χ0) is 31.5. The van der Waals surface area contributed by atoms with Crippen LogP contribution >= 0.6 is 0 Å². The Hall–Kier alpha value is -4.73. The van der Waals surface area contributed by atoms with Gasteiger partial charge < -0.3 is 0 Å². The Morgan fingerprint density at radius 2 is 1.20 bits per heavy atom. The lowest BCUT2D eigenvalue weighted by molar-refractivity contribution is 0.505. The highest BCUT2D eigenvalue weighted by Gasteiger charge is 2.36. The molecule has 0 spiro atoms. The maximum absolute atomic E-state index is 14.5. The number of fused-ring (bicyclic) bond motifs is 5. The van der Waals surface area contributed by atoms with Crippen molar-refractivity contribution in [2.45, 2.75) is 36.7 Å². The fourth-order valence-corrected chi connectivity index (χ4v) is 8.95. The molecule has 0 atom stereocenters. The molecule has 0 bridgehead atoms. The Bertz CT molecular complexity index is 2230. The summed E-state index contributed by atoms with van der Waals surface area (Å²) in [5.74, 6) is -0.482. The Morgan fingerprint density at radius 3 is 1.84 bits per heavy atom. The molecule has 0 radical (unpaired) electrons. The third kappa shape index (κ3) is 4.92. The van der Waals surface area contributed by atoms with Crippen LogP contribution in [0.3, 0.4) is 0 Å². The van der Waals surface area contributed by atoms with Crippen molar-refractivity contribution in [3.63, 3.8) is 0 Å². The monoisotopic (exact) mass is 636 g/mol. The van der Waals surface area contributed by atoms with Gasteiger partial charge >= 0.3 is 0 Å². The van der Waals surface area contributed by atoms with Gasteiger partial charge in [0.1, 0.15) is 5.82 Å². The molecule has 0 fully saturated rings. The Kier molecular flexibility index (Phi) is 6.91. The molecule has 0 amide bonds. The average molecular weight is 637 g/mol. The van der Waals surface area contributed by atoms with Crippen molar-refractivity contribution in [3.8, 4) is 11.1 Å². The van der Waals surface area contributed by atoms with E-state index in [-0.39, 0.29) is 22.9 Å². The lowest BCUT2D eigenvalue weighted by Crippen LogP contribution is -2.34. The van der Waals surface area contributed by atoms with Crippen molar-refractivity contribution >= 4 is 37.5 Å². The molecule has 5 aromatic carbocycles. The molecule has 6 nitrogen and oxygen atoms in total. The predicted octanol–water partition coefficient (Wildman–Crippen LogP) is 7.52. The van der Waals surface area contributed by atoms with Gasteiger partial charge in [0, 0.05) is 11.1 Å². The summed E-state index contributed by atoms with van der Waals surface area (Å²) in [6.07, 6.45) is 1.79. The number of benzene rings is 5. The molecule has 5 aromatic rings. The average Bonchev–Trinajstić information content (AvgIpc) is 3.04. The molecule has 7 rings (SSSR count). The molecule has 0 unspecified atom stereocenters. The summed E-state index contributed by atoms with van der Waals surface area (Å²) >= 11 is 0. The first-order valence-electron chi connectivity index (χ1n) is 14.4. The minimum absolute atomic E-state index is 0.0225. The van der Waals surface area contributed by atoms with Gasteiger partial charge in [0.2, 0.25) is 0 Å². The first kappa shape index (κ1) is 29.0. The Morgan fingerprint density at radius 1 is 0.622 bits per heavy atom. The number of hydrogen-bond donors (Lipinski definition) is 0. The molecule has 2 heterocycles. The molecule has 45 heavy (non-hydrogen) atoms. The number of nitrogens with zero attached hydrogens (tertiary/aromatic N) is 2. The normalized spacial score (nSPS) is 14.3. The molecular formula is C36H29FN2O4S2. The maximum Gasteiger partial charge on any atom is 0.264 e. The molecule has 0 aliphatic carbocycles. The van der Waals surface area contributed by atoms with Crippen LogP contribution in [0.15, 0.2) is 119 Å². The van der Waals surface area contributed by atoms with Gasteiger partial charge in [-0.05, 0) is 84.6 Å². The maximum atomic E-state index is 14.5. The molecule has 226 valence electrons. The van der Waals surface area contributed by atoms with Crippen molar-refractivity contribution < 1.29 is 21.2 Å². The number of para-hydroxylation sites is 1. The fraction of sp³-hybridized carbons (Fsp3) is 0.111. The van der Waals surface area contributed by atoms with Crippen LogP contribution in [0, 0.1) is 19.7 Å². The number of anilines is 1. The highest BCUT2D eigenvalue weighted by molar-refractivity contribution is 7.92. The quantitative estimate of drug-likeness (QED) is 0.200. The number of halogens is 1. The Labute approximate surface area is 262 Å². The summed E-state index contributed by atoms with van der Waals surface area (Å²) in [6, 6.07) is 30.4. The molecule has 0 saturated heterocycles. The molecule has 2 aliphatic heterocycles. The van der Waals surface area contributed by atoms with Crippen LogP contribution in [0.4, 0.5) is 10.1 Å². The first-order chi connectivity index (χ1) is 21.5. The number of sulfonamides is 2. The largest absolute Gasteiger partial charge is 0.264 e. The predicted molar refractivity (Wildman–Crippen MR) is 175 cm³/mol. The van der Waals surface area contributed by atoms with Gasteiger partial charge in [0.05, 0.1) is 34.3 Å². The van der Waals surface area contributed by atoms with Gasteiger partial charge in [-0.2, -0.15) is 0 Å². The zero-order valence-electron chi connectivity index (χ0n) is 24.6. The standard InChI is InChI=1S/C36H29FN2O4S2/c1-24-10-16-30(17-11-24)44(40,41)38-23-28-15-14-27-22-39(45(42,43)31-18-12-25(2)13-19-31)35(26-6-5-7-29(37)20-26)21-33(27)36(28)32-8-3-4-9-34(32)38/h3-21H,22-23H2,1-2H3. The SMILES string of the molecule is Cc1ccc(S(=O)(=O)N2Cc3ccc4c(c3C=C2c2cccc(F)c2)-c2ccccc2N(S(=O)(=O)c2ccc(C)cc2)C4)cc1. The van der Waals surface area contributed by atoms with E-state index in [0.717, 1.165) is 38.9 Å². The number of rotatable bonds is 5. The van der Waals surface area contributed by atoms with Crippen LogP contribution in [-0.2, 0) is 33.1 Å². The molecule has 0 saturated carbocycles. The second-order valence-electron chi connectivity index (χ2n) is 11.4. The van der Waals surface area contributed by atoms with Crippen LogP contribution in [-0.4, -0.2) is 21.1 Å². The van der Waals surface area contributed by atoms with Crippen LogP contribution in [0.1, 0.15) is 33.4 Å². The second kappa shape index (κ2) is 10.7. The van der Waals surface area contributed by atoms with E-state index in [2.05, 4.69) is 0 Å². The van der Waals surface area contributed by atoms with E-state index in [1.165, 1.54) is 20.7 Å². The van der Waals surface area contributed by atoms with Crippen molar-refractivity contribution in [3.05, 3.63) is 148 Å². The summed E-state index contributed by atoms with van der Waals surface area (Å²) < 4.78 is 73.4. The summed E-state index contributed by atoms with van der Waals surface area (Å²) in [5.41, 5.74) is 7.06. The van der Waals surface area contributed by atoms with E-state index in [0.29, 0.717) is 16.9 Å². The lowest BCUT2D eigenvalue weighted by Gasteiger charge is -2.36. The smallest absolute Gasteiger partial charge is 0.261 e. The van der Waals surface area contributed by atoms with E-state index >= 15 is 0 Å². The summed E-state index contributed by atoms with van der Waals surface area (Å²) in [5, 5.41) is 0. The highest BCUT2D eigenvalue weighted by Crippen LogP contribution is 2.47. The van der Waals surface area contributed by atoms with Crippen LogP contribution in [0.25, 0.3) is 22.9 Å². The van der Waals surface area contributed by atoms with Gasteiger partial charge in [-0.15, -0.1) is 0 Å². The van der Waals surface area contributed by atoms with Crippen molar-refractivity contribution in [1.82, 2.24) is 4.31 Å². The molecule has 0 N–H and O–H groups in total. The van der Waals surface area contributed by atoms with E-state index in [1.54, 1.807) is 78.9 Å². The summed E-state index contributed by atoms with van der Waals surface area (Å²) in [4.78, 5) is 0.341. The van der Waals surface area contributed by atoms with Crippen molar-refractivity contribution in [1.29, 1.82) is 0 Å². The van der Waals surface area contributed by atoms with E-state index in [1.807, 2.05) is 38.1 Å². The van der Waals surface area contributed by atoms with Crippen LogP contribution in [0.2, 0.25) is 0 Å². The van der Waals surface area contributed by atoms with Gasteiger partial charge in [0.25, 0.3) is 20.0 Å². The van der Waals surface area contributed by atoms with E-state index < -0.39 is 25.9 Å². The van der Waals surface area contributed by atoms with E-state index in [9.17, 15) is 21.2 Å². The first-order valence-corrected chi connectivity index (χ1v) is 17.3. The topological polar surface area (TPSA) is 74.8 Å². The highest BCUT2D eigenvalue weighted by atomic mass is 32.2. The molecular weight excluding hydrogens is 608 g/mol. The fourth-order valence-electron chi connectivity index (χ4n) is 6.03. The number of hydrogen-bond acceptors (Lipinski definition) is 4. The molecule has 2 aliphatic rings. The third-order valence-corrected chi connectivity index (χ3v) is 11.9. The van der Waals surface area contributed by atoms with Crippen molar-refractivity contribution in [2.75, 3.05) is 4.31 Å². The minimum Gasteiger partial charge on any atom is -0.261 e. The van der Waals surface area contributed by atoms with Gasteiger partial charge in [-0.25, -0.2) is 21.2 Å². The zero-order valence-corrected chi connectivity index (χ0v) is 26.2. The second-order valence-corrected chi connectivity index (χ2v) is 15.1. The Balaban J connectivity index is 1.41. The van der Waals surface area contributed by atoms with Crippen LogP contribution in [0.5, 0.6) is 0 Å². The van der Waals surface area contributed by atoms with Gasteiger partial charge in [-0.3, -0.25) is 8.61 Å². The van der Waals surface area contributed by atoms with Crippen LogP contribution < -0.4 is 4.31 Å². The summed E-state index contributed by atoms with van der Waals surface area (Å²) in [7, 11) is -7.91. The lowest BCUT2D eigenvalue weighted by atomic mass is 9.85. The van der Waals surface area contributed by atoms with Gasteiger partial charge in [0.15, 0.2) is 0 Å². The summed E-state index contributed by atoms with van der Waals surface area (Å²) in [6.45, 7) is 3.92. The minimum atomic E-state index is -4.02.